The number of hydrogen-bond donors (Lipinski definition) is 4. The van der Waals surface area contributed by atoms with Crippen LogP contribution in [-0.4, -0.2) is 321 Å². The number of anilines is 8. The summed E-state index contributed by atoms with van der Waals surface area (Å²) >= 11 is 0. The van der Waals surface area contributed by atoms with E-state index in [4.69, 9.17) is 88.2 Å². The number of aryl methyl sites for hydroxylation is 6. The van der Waals surface area contributed by atoms with Crippen LogP contribution >= 0.6 is 0 Å². The maximum absolute atomic E-state index is 13.6. The van der Waals surface area contributed by atoms with Crippen molar-refractivity contribution in [1.29, 1.82) is 0 Å². The van der Waals surface area contributed by atoms with Crippen LogP contribution in [0.4, 0.5) is 47.1 Å². The lowest BCUT2D eigenvalue weighted by Gasteiger charge is -2.34. The summed E-state index contributed by atoms with van der Waals surface area (Å²) in [5.74, 6) is 11.1. The highest BCUT2D eigenvalue weighted by Gasteiger charge is 2.43. The molecule has 10 aromatic heterocycles. The third-order valence-electron chi connectivity index (χ3n) is 31.3. The Bertz CT molecular complexity index is 6730. The number of hydrogen-bond acceptors (Lipinski definition) is 36. The van der Waals surface area contributed by atoms with Gasteiger partial charge in [0.2, 0.25) is 23.8 Å². The number of pyridine rings is 1. The van der Waals surface area contributed by atoms with Crippen LogP contribution in [0.3, 0.4) is 0 Å². The highest BCUT2D eigenvalue weighted by atomic mass is 32.2. The molecule has 5 unspecified atom stereocenters. The van der Waals surface area contributed by atoms with Crippen LogP contribution in [0.1, 0.15) is 234 Å². The van der Waals surface area contributed by atoms with Crippen molar-refractivity contribution in [3.05, 3.63) is 141 Å². The lowest BCUT2D eigenvalue weighted by molar-refractivity contribution is 0.0263. The highest BCUT2D eigenvalue weighted by molar-refractivity contribution is 7.86. The molecule has 4 N–H and O–H groups in total. The van der Waals surface area contributed by atoms with Crippen LogP contribution in [0.2, 0.25) is 0 Å². The van der Waals surface area contributed by atoms with E-state index in [0.29, 0.717) is 223 Å². The molecular formula is C103H135N29O14S4. The Hall–Kier alpha value is -11.4. The Morgan fingerprint density at radius 2 is 0.713 bits per heavy atom. The smallest absolute Gasteiger partial charge is 0.274 e. The summed E-state index contributed by atoms with van der Waals surface area (Å²) in [5, 5.41) is 18.6. The van der Waals surface area contributed by atoms with Crippen molar-refractivity contribution in [2.24, 2.45) is 7.05 Å². The van der Waals surface area contributed by atoms with Gasteiger partial charge in [0.1, 0.15) is 88.9 Å². The zero-order chi connectivity index (χ0) is 103. The van der Waals surface area contributed by atoms with Gasteiger partial charge in [-0.1, -0.05) is 20.8 Å². The minimum Gasteiger partial charge on any atom is -0.381 e. The van der Waals surface area contributed by atoms with Gasteiger partial charge < -0.3 is 97.4 Å². The first-order valence-electron chi connectivity index (χ1n) is 53.4. The summed E-state index contributed by atoms with van der Waals surface area (Å²) in [6.07, 6.45) is 29.5. The molecule has 25 rings (SSSR count). The summed E-state index contributed by atoms with van der Waals surface area (Å²) in [4.78, 5) is 130. The van der Waals surface area contributed by atoms with E-state index in [0.717, 1.165) is 245 Å². The van der Waals surface area contributed by atoms with Gasteiger partial charge in [0.05, 0.1) is 97.8 Å². The number of ketones is 2. The molecule has 1 aliphatic carbocycles. The standard InChI is InChI=1S/C27H33N7O3S.C26H34N8O3S.C26H35N7O4S.C24H33N7O4S/c1-27(2,18-3-8-28-9-4-18)15-22(35)21-16-33-10-11-34(17-23(33)30-21)26-31-20-7-14-38(36)24(20)25(32-26)29-19-5-12-37-13-6-19;1-16(19-13-32(3)31-17(19)2)12-22(35)21-14-33-7-8-34(15-23(33)28-21)26-29-20-6-11-38(36)24(20)25(30-26)27-18-4-9-37-10-5-18;34-25(33(18-1-2-18)19-5-12-37-13-6-19)21-15-31-8-9-32(16-22(31)28-21)26-29-20-7-14-38(35)23(20)24(30-26)27-17-3-10-36-11-4-17;1-29(17-4-11-35-12-5-17)23(32)19-14-30-7-8-31(15-20(30)26-19)24-27-18-6-13-36(33)21(18)22(28-24)25-16-2-9-34-10-3-16/h3-4,8-9,16,19H,5-7,10-15,17H2,1-2H3,(H,29,31,32);13-14,16,18H,4-12,15H2,1-3H3,(H,27,29,30);15,17-19H,1-14,16H2,(H,27,29,30);14,16-17H,2-13,15H2,1H3,(H,25,27,28). The number of carbonyl (C=O) groups excluding carboxylic acids is 4. The van der Waals surface area contributed by atoms with E-state index < -0.39 is 43.2 Å². The van der Waals surface area contributed by atoms with Crippen molar-refractivity contribution >= 4 is 114 Å². The van der Waals surface area contributed by atoms with Crippen LogP contribution < -0.4 is 40.9 Å². The number of ether oxygens (including phenoxy) is 6. The maximum Gasteiger partial charge on any atom is 0.274 e. The van der Waals surface area contributed by atoms with Gasteiger partial charge in [0.25, 0.3) is 11.8 Å². The Morgan fingerprint density at radius 3 is 1.05 bits per heavy atom. The van der Waals surface area contributed by atoms with E-state index in [1.54, 1.807) is 17.1 Å². The Balaban J connectivity index is 0.000000113. The normalized spacial score (nSPS) is 21.7. The minimum absolute atomic E-state index is 0.0273. The second kappa shape index (κ2) is 45.5. The molecule has 0 radical (unpaired) electrons. The van der Waals surface area contributed by atoms with Gasteiger partial charge in [0, 0.05) is 293 Å². The molecule has 14 aliphatic heterocycles. The molecule has 1 saturated carbocycles. The van der Waals surface area contributed by atoms with Crippen molar-refractivity contribution in [3.8, 4) is 0 Å². The molecule has 800 valence electrons. The van der Waals surface area contributed by atoms with E-state index in [-0.39, 0.29) is 71.0 Å². The molecule has 10 aromatic rings. The molecular weight excluding hydrogens is 2000 g/mol. The van der Waals surface area contributed by atoms with E-state index in [1.165, 1.54) is 0 Å². The number of fused-ring (bicyclic) bond motifs is 8. The quantitative estimate of drug-likeness (QED) is 0.0391. The maximum atomic E-state index is 13.6. The van der Waals surface area contributed by atoms with E-state index >= 15 is 0 Å². The first-order valence-corrected chi connectivity index (χ1v) is 58.7. The fraction of sp³-hybridized carbons (Fsp3) is 0.612. The van der Waals surface area contributed by atoms with E-state index in [2.05, 4.69) is 94.9 Å². The number of rotatable bonds is 25. The molecule has 15 aliphatic rings. The molecule has 7 fully saturated rings. The van der Waals surface area contributed by atoms with Crippen LogP contribution in [0.15, 0.2) is 75.1 Å². The SMILES string of the molecule is CC(C)(CC(=O)c1cn2c(n1)CN(c1nc3c(c(NC4CCOCC4)n1)S(=O)CC3)CC2)c1ccncc1.CN(C(=O)c1cn2c(n1)CN(c1nc3c(c(NC4CCOCC4)n1)S(=O)CC3)CC2)C1CCOCC1.Cc1nn(C)cc1C(C)CC(=O)c1cn2c(n1)CN(c1nc3c(c(NC4CCOCC4)n1)S(=O)CC3)CC2.O=C(c1cn2c(n1)CN(c1nc3c(c(NC4CCOCC4)n1)S(=O)CC3)CC2)N(C1CCOCC1)C1CC1. The van der Waals surface area contributed by atoms with Gasteiger partial charge in [-0.15, -0.1) is 0 Å². The van der Waals surface area contributed by atoms with Crippen molar-refractivity contribution in [3.63, 3.8) is 0 Å². The number of nitrogens with one attached hydrogen (secondary N) is 4. The summed E-state index contributed by atoms with van der Waals surface area (Å²) in [6.45, 7) is 24.5. The lowest BCUT2D eigenvalue weighted by Crippen LogP contribution is -2.45. The molecule has 0 spiro atoms. The average Bonchev–Trinajstić information content (AvgIpc) is 1.62. The second-order valence-electron chi connectivity index (χ2n) is 42.2. The molecule has 24 heterocycles. The van der Waals surface area contributed by atoms with Crippen molar-refractivity contribution < 1.29 is 64.4 Å². The predicted molar refractivity (Wildman–Crippen MR) is 561 cm³/mol. The molecule has 43 nitrogen and oxygen atoms in total. The van der Waals surface area contributed by atoms with Gasteiger partial charge >= 0.3 is 0 Å². The zero-order valence-corrected chi connectivity index (χ0v) is 89.6. The number of imidazole rings is 4. The Labute approximate surface area is 881 Å². The van der Waals surface area contributed by atoms with Crippen LogP contribution in [0.25, 0.3) is 0 Å². The second-order valence-corrected chi connectivity index (χ2v) is 48.2. The molecule has 2 amide bonds. The minimum atomic E-state index is -1.08. The number of Topliss-reactive ketones (excluding diaryl/α,β-unsaturated/α-hetero) is 2. The first kappa shape index (κ1) is 103. The molecule has 6 saturated heterocycles. The van der Waals surface area contributed by atoms with Gasteiger partial charge in [-0.25, -0.2) is 39.9 Å². The third kappa shape index (κ3) is 23.0. The Kier molecular flexibility index (Phi) is 31.2. The van der Waals surface area contributed by atoms with Crippen molar-refractivity contribution in [2.45, 2.75) is 282 Å². The average molecular weight is 2130 g/mol. The van der Waals surface area contributed by atoms with Crippen LogP contribution in [-0.2, 0) is 162 Å². The lowest BCUT2D eigenvalue weighted by atomic mass is 9.80. The highest BCUT2D eigenvalue weighted by Crippen LogP contribution is 2.41. The fourth-order valence-electron chi connectivity index (χ4n) is 22.5. The number of nitrogens with zero attached hydrogens (tertiary/aromatic N) is 25. The number of aromatic nitrogens is 19. The van der Waals surface area contributed by atoms with E-state index in [1.807, 2.05) is 69.0 Å². The van der Waals surface area contributed by atoms with Crippen molar-refractivity contribution in [1.82, 2.24) is 103 Å². The van der Waals surface area contributed by atoms with Crippen LogP contribution in [0.5, 0.6) is 0 Å². The number of amides is 2. The summed E-state index contributed by atoms with van der Waals surface area (Å²) in [7, 11) is -0.557. The Morgan fingerprint density at radius 1 is 0.400 bits per heavy atom. The van der Waals surface area contributed by atoms with Gasteiger partial charge in [-0.2, -0.15) is 25.0 Å². The van der Waals surface area contributed by atoms with Gasteiger partial charge in [0.15, 0.2) is 11.6 Å². The topological polar surface area (TPSA) is 465 Å². The van der Waals surface area contributed by atoms with Gasteiger partial charge in [-0.3, -0.25) is 45.7 Å². The molecule has 5 atom stereocenters. The van der Waals surface area contributed by atoms with E-state index in [9.17, 15) is 36.0 Å². The fourth-order valence-corrected chi connectivity index (χ4v) is 27.7. The first-order chi connectivity index (χ1) is 72.9. The third-order valence-corrected chi connectivity index (χ3v) is 37.1. The predicted octanol–water partition coefficient (Wildman–Crippen LogP) is 8.19. The molecule has 0 bridgehead atoms. The molecule has 47 heteroatoms. The van der Waals surface area contributed by atoms with Gasteiger partial charge in [-0.05, 0) is 131 Å². The molecule has 0 aromatic carbocycles. The van der Waals surface area contributed by atoms with Crippen LogP contribution in [0, 0.1) is 6.92 Å². The van der Waals surface area contributed by atoms with Crippen molar-refractivity contribution in [2.75, 3.05) is 176 Å². The summed E-state index contributed by atoms with van der Waals surface area (Å²) in [5.41, 5.74) is 8.31. The summed E-state index contributed by atoms with van der Waals surface area (Å²) in [6, 6.07) is 5.70. The summed E-state index contributed by atoms with van der Waals surface area (Å²) < 4.78 is 94.0. The zero-order valence-electron chi connectivity index (χ0n) is 86.3. The molecule has 150 heavy (non-hydrogen) atoms. The number of carbonyl (C=O) groups is 4. The largest absolute Gasteiger partial charge is 0.381 e. The monoisotopic (exact) mass is 2130 g/mol.